The molecule has 0 saturated carbocycles. The van der Waals surface area contributed by atoms with E-state index in [4.69, 9.17) is 9.47 Å². The summed E-state index contributed by atoms with van der Waals surface area (Å²) in [4.78, 5) is 18.7. The van der Waals surface area contributed by atoms with Gasteiger partial charge in [-0.2, -0.15) is 0 Å². The molecular weight excluding hydrogens is 294 g/mol. The minimum atomic E-state index is -0.0185. The van der Waals surface area contributed by atoms with Crippen molar-refractivity contribution in [2.75, 3.05) is 13.3 Å². The predicted octanol–water partition coefficient (Wildman–Crippen LogP) is 2.59. The van der Waals surface area contributed by atoms with Crippen LogP contribution in [-0.2, 0) is 13.6 Å². The molecule has 3 rings (SSSR count). The number of hydrogen-bond acceptors (Lipinski definition) is 4. The van der Waals surface area contributed by atoms with Gasteiger partial charge < -0.3 is 18.9 Å². The molecule has 1 aliphatic rings. The SMILES string of the molecule is CCCCN(Cc1cccc2c1OCO2)C(=O)c1cncn1C. The minimum Gasteiger partial charge on any atom is -0.454 e. The van der Waals surface area contributed by atoms with Gasteiger partial charge >= 0.3 is 0 Å². The number of nitrogens with zero attached hydrogens (tertiary/aromatic N) is 3. The number of carbonyl (C=O) groups excluding carboxylic acids is 1. The van der Waals surface area contributed by atoms with Crippen LogP contribution in [0.5, 0.6) is 11.5 Å². The zero-order chi connectivity index (χ0) is 16.2. The molecule has 23 heavy (non-hydrogen) atoms. The summed E-state index contributed by atoms with van der Waals surface area (Å²) >= 11 is 0. The van der Waals surface area contributed by atoms with Crippen molar-refractivity contribution in [1.29, 1.82) is 0 Å². The number of unbranched alkanes of at least 4 members (excludes halogenated alkanes) is 1. The Morgan fingerprint density at radius 1 is 1.39 bits per heavy atom. The number of ether oxygens (including phenoxy) is 2. The van der Waals surface area contributed by atoms with E-state index in [0.717, 1.165) is 29.9 Å². The van der Waals surface area contributed by atoms with Gasteiger partial charge in [0.15, 0.2) is 11.5 Å². The molecule has 1 amide bonds. The fourth-order valence-corrected chi connectivity index (χ4v) is 2.65. The standard InChI is InChI=1S/C17H21N3O3/c1-3-4-8-20(17(21)14-9-18-11-19(14)2)10-13-6-5-7-15-16(13)23-12-22-15/h5-7,9,11H,3-4,8,10,12H2,1-2H3. The molecule has 2 aromatic rings. The van der Waals surface area contributed by atoms with E-state index >= 15 is 0 Å². The van der Waals surface area contributed by atoms with Crippen LogP contribution < -0.4 is 9.47 Å². The smallest absolute Gasteiger partial charge is 0.272 e. The van der Waals surface area contributed by atoms with Gasteiger partial charge in [0.1, 0.15) is 5.69 Å². The third kappa shape index (κ3) is 3.16. The van der Waals surface area contributed by atoms with Gasteiger partial charge in [0.05, 0.1) is 12.5 Å². The monoisotopic (exact) mass is 315 g/mol. The maximum absolute atomic E-state index is 12.8. The van der Waals surface area contributed by atoms with Gasteiger partial charge in [-0.1, -0.05) is 25.5 Å². The molecule has 0 bridgehead atoms. The predicted molar refractivity (Wildman–Crippen MR) is 85.4 cm³/mol. The summed E-state index contributed by atoms with van der Waals surface area (Å²) in [7, 11) is 1.83. The van der Waals surface area contributed by atoms with Crippen LogP contribution in [0.3, 0.4) is 0 Å². The van der Waals surface area contributed by atoms with E-state index in [1.807, 2.05) is 30.1 Å². The van der Waals surface area contributed by atoms with Crippen molar-refractivity contribution in [3.63, 3.8) is 0 Å². The molecule has 6 nitrogen and oxygen atoms in total. The second-order valence-electron chi connectivity index (χ2n) is 5.62. The highest BCUT2D eigenvalue weighted by Gasteiger charge is 2.23. The first-order chi connectivity index (χ1) is 11.2. The molecule has 0 aliphatic carbocycles. The number of aryl methyl sites for hydroxylation is 1. The number of para-hydroxylation sites is 1. The topological polar surface area (TPSA) is 56.6 Å². The number of fused-ring (bicyclic) bond motifs is 1. The van der Waals surface area contributed by atoms with Crippen molar-refractivity contribution in [2.24, 2.45) is 7.05 Å². The molecular formula is C17H21N3O3. The average Bonchev–Trinajstić information content (AvgIpc) is 3.19. The van der Waals surface area contributed by atoms with Crippen LogP contribution in [0.2, 0.25) is 0 Å². The largest absolute Gasteiger partial charge is 0.454 e. The zero-order valence-corrected chi connectivity index (χ0v) is 13.5. The molecule has 2 heterocycles. The molecule has 0 N–H and O–H groups in total. The van der Waals surface area contributed by atoms with Crippen LogP contribution in [0, 0.1) is 0 Å². The first kappa shape index (κ1) is 15.4. The Morgan fingerprint density at radius 3 is 3.00 bits per heavy atom. The Hall–Kier alpha value is -2.50. The van der Waals surface area contributed by atoms with Crippen LogP contribution >= 0.6 is 0 Å². The normalized spacial score (nSPS) is 12.4. The van der Waals surface area contributed by atoms with Crippen molar-refractivity contribution < 1.29 is 14.3 Å². The lowest BCUT2D eigenvalue weighted by molar-refractivity contribution is 0.0729. The van der Waals surface area contributed by atoms with E-state index in [1.54, 1.807) is 17.1 Å². The maximum atomic E-state index is 12.8. The lowest BCUT2D eigenvalue weighted by atomic mass is 10.1. The second-order valence-corrected chi connectivity index (χ2v) is 5.62. The van der Waals surface area contributed by atoms with Gasteiger partial charge in [0, 0.05) is 25.7 Å². The molecule has 122 valence electrons. The second kappa shape index (κ2) is 6.73. The Bertz CT molecular complexity index is 696. The summed E-state index contributed by atoms with van der Waals surface area (Å²) < 4.78 is 12.7. The van der Waals surface area contributed by atoms with Gasteiger partial charge in [0.2, 0.25) is 6.79 Å². The van der Waals surface area contributed by atoms with Gasteiger partial charge in [0.25, 0.3) is 5.91 Å². The number of benzene rings is 1. The molecule has 1 aromatic carbocycles. The molecule has 0 saturated heterocycles. The lowest BCUT2D eigenvalue weighted by Crippen LogP contribution is -2.32. The molecule has 0 spiro atoms. The van der Waals surface area contributed by atoms with Crippen molar-refractivity contribution in [1.82, 2.24) is 14.5 Å². The summed E-state index contributed by atoms with van der Waals surface area (Å²) in [6, 6.07) is 5.78. The minimum absolute atomic E-state index is 0.0185. The first-order valence-electron chi connectivity index (χ1n) is 7.83. The number of carbonyl (C=O) groups is 1. The Balaban J connectivity index is 1.84. The fourth-order valence-electron chi connectivity index (χ4n) is 2.65. The Labute approximate surface area is 135 Å². The highest BCUT2D eigenvalue weighted by molar-refractivity contribution is 5.92. The average molecular weight is 315 g/mol. The van der Waals surface area contributed by atoms with Crippen LogP contribution in [0.25, 0.3) is 0 Å². The summed E-state index contributed by atoms with van der Waals surface area (Å²) in [5.74, 6) is 1.47. The van der Waals surface area contributed by atoms with E-state index in [0.29, 0.717) is 18.8 Å². The number of hydrogen-bond donors (Lipinski definition) is 0. The van der Waals surface area contributed by atoms with E-state index < -0.39 is 0 Å². The van der Waals surface area contributed by atoms with Crippen LogP contribution in [0.15, 0.2) is 30.7 Å². The van der Waals surface area contributed by atoms with Gasteiger partial charge in [-0.05, 0) is 12.5 Å². The van der Waals surface area contributed by atoms with Crippen molar-refractivity contribution in [3.05, 3.63) is 42.0 Å². The summed E-state index contributed by atoms with van der Waals surface area (Å²) in [6.07, 6.45) is 5.23. The van der Waals surface area contributed by atoms with Crippen LogP contribution in [0.4, 0.5) is 0 Å². The summed E-state index contributed by atoms with van der Waals surface area (Å²) in [5, 5.41) is 0. The van der Waals surface area contributed by atoms with Crippen LogP contribution in [-0.4, -0.2) is 33.7 Å². The highest BCUT2D eigenvalue weighted by Crippen LogP contribution is 2.36. The highest BCUT2D eigenvalue weighted by atomic mass is 16.7. The van der Waals surface area contributed by atoms with E-state index in [2.05, 4.69) is 11.9 Å². The summed E-state index contributed by atoms with van der Waals surface area (Å²) in [5.41, 5.74) is 1.55. The molecule has 0 radical (unpaired) electrons. The molecule has 0 fully saturated rings. The van der Waals surface area contributed by atoms with Gasteiger partial charge in [-0.25, -0.2) is 4.98 Å². The Morgan fingerprint density at radius 2 is 2.26 bits per heavy atom. The van der Waals surface area contributed by atoms with Crippen molar-refractivity contribution in [3.8, 4) is 11.5 Å². The zero-order valence-electron chi connectivity index (χ0n) is 13.5. The summed E-state index contributed by atoms with van der Waals surface area (Å²) in [6.45, 7) is 3.54. The van der Waals surface area contributed by atoms with Crippen molar-refractivity contribution >= 4 is 5.91 Å². The number of imidazole rings is 1. The van der Waals surface area contributed by atoms with Crippen LogP contribution in [0.1, 0.15) is 35.8 Å². The quantitative estimate of drug-likeness (QED) is 0.822. The first-order valence-corrected chi connectivity index (χ1v) is 7.83. The number of aromatic nitrogens is 2. The van der Waals surface area contributed by atoms with E-state index in [-0.39, 0.29) is 12.7 Å². The van der Waals surface area contributed by atoms with Gasteiger partial charge in [-0.3, -0.25) is 4.79 Å². The third-order valence-electron chi connectivity index (χ3n) is 3.94. The molecule has 6 heteroatoms. The fraction of sp³-hybridized carbons (Fsp3) is 0.412. The molecule has 0 atom stereocenters. The maximum Gasteiger partial charge on any atom is 0.272 e. The molecule has 1 aliphatic heterocycles. The third-order valence-corrected chi connectivity index (χ3v) is 3.94. The lowest BCUT2D eigenvalue weighted by Gasteiger charge is -2.23. The van der Waals surface area contributed by atoms with E-state index in [9.17, 15) is 4.79 Å². The molecule has 0 unspecified atom stereocenters. The van der Waals surface area contributed by atoms with Gasteiger partial charge in [-0.15, -0.1) is 0 Å². The Kier molecular flexibility index (Phi) is 4.50. The number of amides is 1. The van der Waals surface area contributed by atoms with E-state index in [1.165, 1.54) is 0 Å². The van der Waals surface area contributed by atoms with Crippen molar-refractivity contribution in [2.45, 2.75) is 26.3 Å². The number of rotatable bonds is 6. The molecule has 1 aromatic heterocycles.